The van der Waals surface area contributed by atoms with Crippen molar-refractivity contribution in [2.45, 2.75) is 37.5 Å². The molecule has 0 amide bonds. The lowest BCUT2D eigenvalue weighted by atomic mass is 9.86. The zero-order valence-electron chi connectivity index (χ0n) is 9.72. The van der Waals surface area contributed by atoms with E-state index in [-0.39, 0.29) is 24.3 Å². The Morgan fingerprint density at radius 1 is 1.33 bits per heavy atom. The molecule has 1 aliphatic rings. The molecule has 2 nitrogen and oxygen atoms in total. The van der Waals surface area contributed by atoms with Crippen molar-refractivity contribution >= 4 is 11.0 Å². The highest BCUT2D eigenvalue weighted by atomic mass is 19.3. The minimum Gasteiger partial charge on any atom is -0.342 e. The second-order valence-electron chi connectivity index (χ2n) is 4.91. The molecule has 1 aliphatic carbocycles. The lowest BCUT2D eigenvalue weighted by molar-refractivity contribution is -0.0416. The van der Waals surface area contributed by atoms with Crippen molar-refractivity contribution in [3.63, 3.8) is 0 Å². The van der Waals surface area contributed by atoms with Gasteiger partial charge in [0.1, 0.15) is 11.3 Å². The molecular weight excluding hydrogens is 241 g/mol. The van der Waals surface area contributed by atoms with Gasteiger partial charge in [0.25, 0.3) is 0 Å². The summed E-state index contributed by atoms with van der Waals surface area (Å²) in [6, 6.07) is 4.60. The number of alkyl halides is 2. The van der Waals surface area contributed by atoms with Gasteiger partial charge in [0, 0.05) is 18.8 Å². The molecule has 5 heteroatoms. The zero-order chi connectivity index (χ0) is 12.8. The largest absolute Gasteiger partial charge is 0.342 e. The number of aromatic nitrogens is 2. The minimum atomic E-state index is -2.62. The summed E-state index contributed by atoms with van der Waals surface area (Å²) in [7, 11) is 0. The van der Waals surface area contributed by atoms with Crippen molar-refractivity contribution < 1.29 is 13.2 Å². The molecule has 0 saturated heterocycles. The molecule has 1 atom stereocenters. The van der Waals surface area contributed by atoms with E-state index in [2.05, 4.69) is 9.97 Å². The summed E-state index contributed by atoms with van der Waals surface area (Å²) in [6.07, 6.45) is 0.904. The molecule has 1 saturated carbocycles. The van der Waals surface area contributed by atoms with Crippen LogP contribution < -0.4 is 0 Å². The first-order valence-corrected chi connectivity index (χ1v) is 6.07. The summed E-state index contributed by atoms with van der Waals surface area (Å²) in [5.74, 6) is -2.87. The minimum absolute atomic E-state index is 0.0575. The van der Waals surface area contributed by atoms with Crippen molar-refractivity contribution in [1.29, 1.82) is 0 Å². The van der Waals surface area contributed by atoms with Crippen molar-refractivity contribution in [3.05, 3.63) is 29.8 Å². The summed E-state index contributed by atoms with van der Waals surface area (Å²) >= 11 is 0. The Hall–Kier alpha value is -1.52. The second kappa shape index (κ2) is 4.00. The van der Waals surface area contributed by atoms with Crippen molar-refractivity contribution in [1.82, 2.24) is 9.97 Å². The van der Waals surface area contributed by atoms with E-state index in [0.717, 1.165) is 0 Å². The summed E-state index contributed by atoms with van der Waals surface area (Å²) in [5, 5.41) is 0. The lowest BCUT2D eigenvalue weighted by Gasteiger charge is -2.27. The van der Waals surface area contributed by atoms with Gasteiger partial charge in [-0.3, -0.25) is 0 Å². The summed E-state index contributed by atoms with van der Waals surface area (Å²) in [4.78, 5) is 7.10. The molecular formula is C13H13F3N2. The van der Waals surface area contributed by atoms with Crippen molar-refractivity contribution in [3.8, 4) is 0 Å². The molecule has 0 spiro atoms. The molecule has 0 aliphatic heterocycles. The fourth-order valence-electron chi connectivity index (χ4n) is 2.61. The number of rotatable bonds is 1. The van der Waals surface area contributed by atoms with Crippen LogP contribution in [0, 0.1) is 5.82 Å². The number of imidazole rings is 1. The Labute approximate surface area is 102 Å². The van der Waals surface area contributed by atoms with Crippen molar-refractivity contribution in [2.75, 3.05) is 0 Å². The molecule has 96 valence electrons. The average Bonchev–Trinajstić information content (AvgIpc) is 2.73. The highest BCUT2D eigenvalue weighted by Gasteiger charge is 2.37. The smallest absolute Gasteiger partial charge is 0.248 e. The first-order chi connectivity index (χ1) is 8.55. The van der Waals surface area contributed by atoms with Gasteiger partial charge >= 0.3 is 0 Å². The Morgan fingerprint density at radius 2 is 2.17 bits per heavy atom. The number of nitrogens with one attached hydrogen (secondary N) is 1. The molecule has 2 aromatic rings. The molecule has 1 N–H and O–H groups in total. The molecule has 0 bridgehead atoms. The zero-order valence-corrected chi connectivity index (χ0v) is 9.72. The molecule has 18 heavy (non-hydrogen) atoms. The summed E-state index contributed by atoms with van der Waals surface area (Å²) in [5.41, 5.74) is 0.806. The third-order valence-corrected chi connectivity index (χ3v) is 3.51. The maximum Gasteiger partial charge on any atom is 0.248 e. The normalized spacial score (nSPS) is 23.4. The van der Waals surface area contributed by atoms with Crippen LogP contribution in [0.4, 0.5) is 13.2 Å². The number of para-hydroxylation sites is 1. The van der Waals surface area contributed by atoms with E-state index in [9.17, 15) is 13.2 Å². The van der Waals surface area contributed by atoms with E-state index in [4.69, 9.17) is 0 Å². The first-order valence-electron chi connectivity index (χ1n) is 6.07. The number of benzene rings is 1. The van der Waals surface area contributed by atoms with Crippen LogP contribution in [0.1, 0.15) is 37.4 Å². The van der Waals surface area contributed by atoms with Crippen LogP contribution >= 0.6 is 0 Å². The third-order valence-electron chi connectivity index (χ3n) is 3.51. The topological polar surface area (TPSA) is 28.7 Å². The highest BCUT2D eigenvalue weighted by molar-refractivity contribution is 5.75. The van der Waals surface area contributed by atoms with E-state index in [1.807, 2.05) is 0 Å². The van der Waals surface area contributed by atoms with Crippen LogP contribution in [0.15, 0.2) is 18.2 Å². The number of aromatic amines is 1. The number of hydrogen-bond donors (Lipinski definition) is 1. The molecule has 3 rings (SSSR count). The van der Waals surface area contributed by atoms with Crippen LogP contribution in [-0.2, 0) is 0 Å². The number of H-pyrrole nitrogens is 1. The maximum absolute atomic E-state index is 13.5. The second-order valence-corrected chi connectivity index (χ2v) is 4.91. The maximum atomic E-state index is 13.5. The predicted molar refractivity (Wildman–Crippen MR) is 62.2 cm³/mol. The van der Waals surface area contributed by atoms with E-state index in [1.165, 1.54) is 6.07 Å². The Balaban J connectivity index is 1.97. The number of nitrogens with zero attached hydrogens (tertiary/aromatic N) is 1. The van der Waals surface area contributed by atoms with Gasteiger partial charge in [-0.1, -0.05) is 6.07 Å². The van der Waals surface area contributed by atoms with Crippen LogP contribution in [0.3, 0.4) is 0 Å². The summed E-state index contributed by atoms with van der Waals surface area (Å²) in [6.45, 7) is 0. The Kier molecular flexibility index (Phi) is 2.57. The molecule has 1 heterocycles. The molecule has 1 aromatic heterocycles. The number of fused-ring (bicyclic) bond motifs is 1. The third kappa shape index (κ3) is 1.98. The van der Waals surface area contributed by atoms with E-state index in [1.54, 1.807) is 12.1 Å². The fourth-order valence-corrected chi connectivity index (χ4v) is 2.61. The number of hydrogen-bond acceptors (Lipinski definition) is 1. The van der Waals surface area contributed by atoms with Crippen molar-refractivity contribution in [2.24, 2.45) is 0 Å². The Bertz CT molecular complexity index is 577. The lowest BCUT2D eigenvalue weighted by Crippen LogP contribution is -2.25. The standard InChI is InChI=1S/C13H13F3N2/c14-9-4-1-5-10-11(9)18-12(17-10)8-3-2-6-13(15,16)7-8/h1,4-5,8H,2-3,6-7H2,(H,17,18). The first kappa shape index (κ1) is 11.6. The van der Waals surface area contributed by atoms with E-state index in [0.29, 0.717) is 24.2 Å². The fraction of sp³-hybridized carbons (Fsp3) is 0.462. The summed E-state index contributed by atoms with van der Waals surface area (Å²) < 4.78 is 40.2. The van der Waals surface area contributed by atoms with Gasteiger partial charge in [0.15, 0.2) is 5.82 Å². The van der Waals surface area contributed by atoms with Crippen LogP contribution in [0.2, 0.25) is 0 Å². The van der Waals surface area contributed by atoms with Gasteiger partial charge in [0.05, 0.1) is 5.52 Å². The molecule has 1 aromatic carbocycles. The van der Waals surface area contributed by atoms with Crippen LogP contribution in [0.25, 0.3) is 11.0 Å². The van der Waals surface area contributed by atoms with Gasteiger partial charge in [0.2, 0.25) is 5.92 Å². The van der Waals surface area contributed by atoms with Crippen LogP contribution in [-0.4, -0.2) is 15.9 Å². The van der Waals surface area contributed by atoms with E-state index >= 15 is 0 Å². The quantitative estimate of drug-likeness (QED) is 0.818. The monoisotopic (exact) mass is 254 g/mol. The predicted octanol–water partition coefficient (Wildman–Crippen LogP) is 3.99. The van der Waals surface area contributed by atoms with Gasteiger partial charge in [-0.2, -0.15) is 0 Å². The number of halogens is 3. The molecule has 0 radical (unpaired) electrons. The molecule has 1 unspecified atom stereocenters. The van der Waals surface area contributed by atoms with Gasteiger partial charge in [-0.05, 0) is 25.0 Å². The SMILES string of the molecule is Fc1cccc2[nH]c(C3CCCC(F)(F)C3)nc12. The highest BCUT2D eigenvalue weighted by Crippen LogP contribution is 2.41. The van der Waals surface area contributed by atoms with Gasteiger partial charge in [-0.15, -0.1) is 0 Å². The van der Waals surface area contributed by atoms with Gasteiger partial charge in [-0.25, -0.2) is 18.2 Å². The Morgan fingerprint density at radius 3 is 2.89 bits per heavy atom. The molecule has 1 fully saturated rings. The van der Waals surface area contributed by atoms with E-state index < -0.39 is 11.7 Å². The van der Waals surface area contributed by atoms with Gasteiger partial charge < -0.3 is 4.98 Å². The average molecular weight is 254 g/mol. The van der Waals surface area contributed by atoms with Crippen LogP contribution in [0.5, 0.6) is 0 Å².